The number of rotatable bonds is 4. The number of esters is 1. The van der Waals surface area contributed by atoms with Gasteiger partial charge in [-0.25, -0.2) is 4.98 Å². The second kappa shape index (κ2) is 7.87. The number of fused-ring (bicyclic) bond motifs is 1. The number of thiazole rings is 1. The number of aromatic nitrogens is 2. The normalized spacial score (nSPS) is 14.9. The van der Waals surface area contributed by atoms with Crippen LogP contribution in [0.2, 0.25) is 0 Å². The summed E-state index contributed by atoms with van der Waals surface area (Å²) in [5.41, 5.74) is 2.75. The molecule has 1 saturated heterocycles. The number of amides is 1. The molecule has 0 radical (unpaired) electrons. The zero-order chi connectivity index (χ0) is 20.5. The van der Waals surface area contributed by atoms with Gasteiger partial charge in [-0.1, -0.05) is 11.3 Å². The fraction of sp³-hybridized carbons (Fsp3) is 0.381. The van der Waals surface area contributed by atoms with Crippen LogP contribution < -0.4 is 4.74 Å². The molecule has 3 aromatic rings. The maximum atomic E-state index is 13.0. The Balaban J connectivity index is 1.53. The summed E-state index contributed by atoms with van der Waals surface area (Å²) < 4.78 is 12.0. The summed E-state index contributed by atoms with van der Waals surface area (Å²) in [6, 6.07) is 7.75. The summed E-state index contributed by atoms with van der Waals surface area (Å²) in [7, 11) is 3.05. The average Bonchev–Trinajstić information content (AvgIpc) is 3.32. The van der Waals surface area contributed by atoms with Crippen LogP contribution in [0, 0.1) is 12.8 Å². The lowest BCUT2D eigenvalue weighted by Crippen LogP contribution is -2.40. The highest BCUT2D eigenvalue weighted by atomic mass is 32.1. The summed E-state index contributed by atoms with van der Waals surface area (Å²) >= 11 is 1.40. The van der Waals surface area contributed by atoms with Crippen molar-refractivity contribution in [2.24, 2.45) is 5.92 Å². The first-order valence-electron chi connectivity index (χ1n) is 9.52. The molecule has 4 rings (SSSR count). The van der Waals surface area contributed by atoms with E-state index in [1.54, 1.807) is 7.11 Å². The Morgan fingerprint density at radius 1 is 1.14 bits per heavy atom. The highest BCUT2D eigenvalue weighted by Gasteiger charge is 2.30. The van der Waals surface area contributed by atoms with Crippen molar-refractivity contribution in [1.29, 1.82) is 0 Å². The minimum atomic E-state index is -0.186. The van der Waals surface area contributed by atoms with E-state index in [1.807, 2.05) is 46.7 Å². The molecule has 2 aromatic heterocycles. The summed E-state index contributed by atoms with van der Waals surface area (Å²) in [4.78, 5) is 32.7. The maximum Gasteiger partial charge on any atom is 0.308 e. The molecular weight excluding hydrogens is 390 g/mol. The fourth-order valence-electron chi connectivity index (χ4n) is 3.68. The number of carbonyl (C=O) groups excluding carboxylic acids is 2. The first-order valence-corrected chi connectivity index (χ1v) is 10.3. The van der Waals surface area contributed by atoms with Gasteiger partial charge in [0.25, 0.3) is 5.91 Å². The van der Waals surface area contributed by atoms with E-state index in [2.05, 4.69) is 0 Å². The molecule has 1 aliphatic heterocycles. The predicted molar refractivity (Wildman–Crippen MR) is 110 cm³/mol. The van der Waals surface area contributed by atoms with Gasteiger partial charge in [-0.2, -0.15) is 0 Å². The van der Waals surface area contributed by atoms with Crippen LogP contribution in [0.4, 0.5) is 0 Å². The van der Waals surface area contributed by atoms with Crippen LogP contribution in [0.25, 0.3) is 16.2 Å². The summed E-state index contributed by atoms with van der Waals surface area (Å²) in [5.74, 6) is 0.508. The van der Waals surface area contributed by atoms with E-state index < -0.39 is 0 Å². The lowest BCUT2D eigenvalue weighted by atomic mass is 9.97. The van der Waals surface area contributed by atoms with Gasteiger partial charge in [0.1, 0.15) is 10.6 Å². The van der Waals surface area contributed by atoms with E-state index in [-0.39, 0.29) is 17.8 Å². The Bertz CT molecular complexity index is 1050. The highest BCUT2D eigenvalue weighted by Crippen LogP contribution is 2.30. The van der Waals surface area contributed by atoms with Gasteiger partial charge in [-0.3, -0.25) is 14.0 Å². The molecule has 29 heavy (non-hydrogen) atoms. The Hall–Kier alpha value is -2.87. The van der Waals surface area contributed by atoms with E-state index >= 15 is 0 Å². The Labute approximate surface area is 172 Å². The molecule has 3 heterocycles. The molecule has 0 N–H and O–H groups in total. The molecule has 152 valence electrons. The van der Waals surface area contributed by atoms with Crippen molar-refractivity contribution in [3.05, 3.63) is 41.0 Å². The Morgan fingerprint density at radius 2 is 1.83 bits per heavy atom. The smallest absolute Gasteiger partial charge is 0.308 e. The molecule has 1 amide bonds. The van der Waals surface area contributed by atoms with Crippen LogP contribution >= 0.6 is 11.3 Å². The van der Waals surface area contributed by atoms with Gasteiger partial charge in [0.05, 0.1) is 25.8 Å². The van der Waals surface area contributed by atoms with Crippen molar-refractivity contribution in [3.63, 3.8) is 0 Å². The summed E-state index contributed by atoms with van der Waals surface area (Å²) in [5, 5.41) is 0. The molecule has 1 fully saturated rings. The average molecular weight is 413 g/mol. The number of ether oxygens (including phenoxy) is 2. The molecule has 1 aliphatic rings. The number of methoxy groups -OCH3 is 2. The predicted octanol–water partition coefficient (Wildman–Crippen LogP) is 3.41. The molecule has 0 saturated carbocycles. The van der Waals surface area contributed by atoms with Crippen LogP contribution in [0.15, 0.2) is 30.5 Å². The number of hydrogen-bond donors (Lipinski definition) is 0. The van der Waals surface area contributed by atoms with Gasteiger partial charge < -0.3 is 14.4 Å². The third kappa shape index (κ3) is 3.60. The van der Waals surface area contributed by atoms with Gasteiger partial charge in [-0.05, 0) is 44.0 Å². The van der Waals surface area contributed by atoms with E-state index in [0.29, 0.717) is 30.8 Å². The lowest BCUT2D eigenvalue weighted by molar-refractivity contribution is -0.146. The quantitative estimate of drug-likeness (QED) is 0.613. The van der Waals surface area contributed by atoms with Gasteiger partial charge in [0.2, 0.25) is 0 Å². The number of imidazole rings is 1. The number of piperidine rings is 1. The summed E-state index contributed by atoms with van der Waals surface area (Å²) in [6.07, 6.45) is 3.24. The topological polar surface area (TPSA) is 73.1 Å². The molecule has 0 bridgehead atoms. The SMILES string of the molecule is COC(=O)C1CCN(C(=O)c2sc3nc(-c4ccc(OC)cc4)cn3c2C)CC1. The van der Waals surface area contributed by atoms with Crippen LogP contribution in [0.3, 0.4) is 0 Å². The molecule has 0 spiro atoms. The number of benzene rings is 1. The van der Waals surface area contributed by atoms with Crippen molar-refractivity contribution < 1.29 is 19.1 Å². The van der Waals surface area contributed by atoms with Crippen molar-refractivity contribution in [2.75, 3.05) is 27.3 Å². The summed E-state index contributed by atoms with van der Waals surface area (Å²) in [6.45, 7) is 3.07. The maximum absolute atomic E-state index is 13.0. The van der Waals surface area contributed by atoms with Crippen molar-refractivity contribution >= 4 is 28.2 Å². The highest BCUT2D eigenvalue weighted by molar-refractivity contribution is 7.19. The number of nitrogens with zero attached hydrogens (tertiary/aromatic N) is 3. The van der Waals surface area contributed by atoms with E-state index in [4.69, 9.17) is 14.5 Å². The second-order valence-corrected chi connectivity index (χ2v) is 8.09. The number of hydrogen-bond acceptors (Lipinski definition) is 6. The van der Waals surface area contributed by atoms with E-state index in [1.165, 1.54) is 18.4 Å². The van der Waals surface area contributed by atoms with Crippen LogP contribution in [0.1, 0.15) is 28.2 Å². The third-order valence-corrected chi connectivity index (χ3v) is 6.60. The molecule has 1 aromatic carbocycles. The lowest BCUT2D eigenvalue weighted by Gasteiger charge is -2.30. The Morgan fingerprint density at radius 3 is 2.41 bits per heavy atom. The number of likely N-dealkylation sites (tertiary alicyclic amines) is 1. The fourth-order valence-corrected chi connectivity index (χ4v) is 4.75. The molecule has 8 heteroatoms. The van der Waals surface area contributed by atoms with Crippen LogP contribution in [-0.2, 0) is 9.53 Å². The zero-order valence-electron chi connectivity index (χ0n) is 16.7. The van der Waals surface area contributed by atoms with Crippen molar-refractivity contribution in [3.8, 4) is 17.0 Å². The molecule has 0 aliphatic carbocycles. The van der Waals surface area contributed by atoms with Gasteiger partial charge in [0.15, 0.2) is 4.96 Å². The molecule has 7 nitrogen and oxygen atoms in total. The monoisotopic (exact) mass is 413 g/mol. The van der Waals surface area contributed by atoms with E-state index in [9.17, 15) is 9.59 Å². The van der Waals surface area contributed by atoms with Crippen molar-refractivity contribution in [2.45, 2.75) is 19.8 Å². The first kappa shape index (κ1) is 19.4. The molecular formula is C21H23N3O4S. The van der Waals surface area contributed by atoms with Crippen molar-refractivity contribution in [1.82, 2.24) is 14.3 Å². The molecule has 0 atom stereocenters. The van der Waals surface area contributed by atoms with Crippen LogP contribution in [0.5, 0.6) is 5.75 Å². The standard InChI is InChI=1S/C21H23N3O4S/c1-13-18(19(25)23-10-8-15(9-11-23)20(26)28-3)29-21-22-17(12-24(13)21)14-4-6-16(27-2)7-5-14/h4-7,12,15H,8-11H2,1-3H3. The largest absolute Gasteiger partial charge is 0.497 e. The Kier molecular flexibility index (Phi) is 5.27. The van der Waals surface area contributed by atoms with Crippen LogP contribution in [-0.4, -0.2) is 53.5 Å². The second-order valence-electron chi connectivity index (χ2n) is 7.11. The van der Waals surface area contributed by atoms with E-state index in [0.717, 1.165) is 27.7 Å². The third-order valence-electron chi connectivity index (χ3n) is 5.45. The van der Waals surface area contributed by atoms with Gasteiger partial charge >= 0.3 is 5.97 Å². The minimum absolute atomic E-state index is 0.00677. The number of carbonyl (C=O) groups is 2. The molecule has 0 unspecified atom stereocenters. The van der Waals surface area contributed by atoms with Gasteiger partial charge in [-0.15, -0.1) is 0 Å². The first-order chi connectivity index (χ1) is 14.0. The van der Waals surface area contributed by atoms with Gasteiger partial charge in [0, 0.05) is 30.5 Å². The number of aryl methyl sites for hydroxylation is 1. The minimum Gasteiger partial charge on any atom is -0.497 e. The zero-order valence-corrected chi connectivity index (χ0v) is 17.5.